The third kappa shape index (κ3) is 4.32. The van der Waals surface area contributed by atoms with Gasteiger partial charge in [-0.05, 0) is 42.5 Å². The van der Waals surface area contributed by atoms with Gasteiger partial charge in [-0.15, -0.1) is 0 Å². The lowest BCUT2D eigenvalue weighted by atomic mass is 9.91. The molecule has 5 rings (SSSR count). The van der Waals surface area contributed by atoms with E-state index < -0.39 is 35.1 Å². The summed E-state index contributed by atoms with van der Waals surface area (Å²) in [6.07, 6.45) is 0. The number of Topliss-reactive ketones (excluding diaryl/α,β-unsaturated/α-hetero) is 1. The number of anilines is 1. The van der Waals surface area contributed by atoms with Crippen molar-refractivity contribution < 1.29 is 28.7 Å². The van der Waals surface area contributed by atoms with Crippen LogP contribution in [0.25, 0.3) is 11.1 Å². The van der Waals surface area contributed by atoms with Crippen LogP contribution in [0.15, 0.2) is 76.2 Å². The largest absolute Gasteiger partial charge is 0.507 e. The number of hydrazone groups is 1. The first-order valence-electron chi connectivity index (χ1n) is 10.7. The highest BCUT2D eigenvalue weighted by atomic mass is 35.5. The third-order valence-corrected chi connectivity index (χ3v) is 6.04. The molecule has 0 aliphatic carbocycles. The molecule has 4 aromatic rings. The van der Waals surface area contributed by atoms with Crippen molar-refractivity contribution in [2.75, 3.05) is 4.90 Å². The molecule has 3 aromatic carbocycles. The van der Waals surface area contributed by atoms with Crippen LogP contribution in [0.3, 0.4) is 0 Å². The van der Waals surface area contributed by atoms with Crippen molar-refractivity contribution >= 4 is 69.2 Å². The molecule has 0 radical (unpaired) electrons. The number of aromatic nitrogens is 1. The van der Waals surface area contributed by atoms with Crippen molar-refractivity contribution in [3.63, 3.8) is 0 Å². The van der Waals surface area contributed by atoms with Crippen LogP contribution in [-0.4, -0.2) is 39.3 Å². The second kappa shape index (κ2) is 9.49. The van der Waals surface area contributed by atoms with Crippen molar-refractivity contribution in [2.45, 2.75) is 5.92 Å². The van der Waals surface area contributed by atoms with Crippen LogP contribution in [0.4, 0.5) is 5.69 Å². The minimum Gasteiger partial charge on any atom is -0.507 e. The molecule has 1 aliphatic heterocycles. The number of hydrogen-bond donors (Lipinski definition) is 2. The number of hydrogen-bond acceptors (Lipinski definition) is 8. The van der Waals surface area contributed by atoms with Gasteiger partial charge < -0.3 is 9.52 Å². The van der Waals surface area contributed by atoms with Crippen molar-refractivity contribution in [3.05, 3.63) is 88.2 Å². The van der Waals surface area contributed by atoms with E-state index in [4.69, 9.17) is 27.6 Å². The molecule has 0 unspecified atom stereocenters. The lowest BCUT2D eigenvalue weighted by Gasteiger charge is -2.29. The van der Waals surface area contributed by atoms with Crippen molar-refractivity contribution in [1.82, 2.24) is 10.4 Å². The second-order valence-corrected chi connectivity index (χ2v) is 8.66. The van der Waals surface area contributed by atoms with E-state index in [9.17, 15) is 24.3 Å². The average Bonchev–Trinajstić information content (AvgIpc) is 3.30. The van der Waals surface area contributed by atoms with E-state index in [1.165, 1.54) is 42.5 Å². The Kier molecular flexibility index (Phi) is 6.20. The summed E-state index contributed by atoms with van der Waals surface area (Å²) in [5, 5.41) is 14.0. The number of ketones is 1. The molecule has 2 heterocycles. The summed E-state index contributed by atoms with van der Waals surface area (Å²) in [5.41, 5.74) is 2.06. The lowest BCUT2D eigenvalue weighted by Crippen LogP contribution is -2.55. The highest BCUT2D eigenvalue weighted by molar-refractivity contribution is 6.67. The maximum Gasteiger partial charge on any atom is 0.302 e. The van der Waals surface area contributed by atoms with Gasteiger partial charge in [0.05, 0.1) is 16.3 Å². The zero-order valence-corrected chi connectivity index (χ0v) is 20.0. The first-order chi connectivity index (χ1) is 17.8. The number of amides is 3. The number of benzene rings is 3. The van der Waals surface area contributed by atoms with Crippen molar-refractivity contribution in [1.29, 1.82) is 0 Å². The third-order valence-electron chi connectivity index (χ3n) is 5.51. The Morgan fingerprint density at radius 1 is 1.00 bits per heavy atom. The van der Waals surface area contributed by atoms with Crippen LogP contribution < -0.4 is 10.3 Å². The average molecular weight is 537 g/mol. The number of phenolic OH excluding ortho intramolecular Hbond substituents is 1. The minimum atomic E-state index is -1.65. The molecule has 37 heavy (non-hydrogen) atoms. The number of fused-ring (bicyclic) bond motifs is 1. The monoisotopic (exact) mass is 536 g/mol. The number of oxazole rings is 1. The van der Waals surface area contributed by atoms with Gasteiger partial charge in [-0.25, -0.2) is 15.3 Å². The molecule has 2 N–H and O–H groups in total. The number of nitrogens with one attached hydrogen (secondary N) is 1. The maximum absolute atomic E-state index is 13.6. The maximum atomic E-state index is 13.6. The van der Waals surface area contributed by atoms with Crippen LogP contribution in [0.2, 0.25) is 10.0 Å². The highest BCUT2D eigenvalue weighted by Crippen LogP contribution is 2.34. The quantitative estimate of drug-likeness (QED) is 0.229. The predicted molar refractivity (Wildman–Crippen MR) is 134 cm³/mol. The molecular weight excluding hydrogens is 523 g/mol. The molecular formula is C25H14Cl2N4O6. The van der Waals surface area contributed by atoms with Gasteiger partial charge in [0.15, 0.2) is 11.5 Å². The summed E-state index contributed by atoms with van der Waals surface area (Å²) in [4.78, 5) is 57.5. The van der Waals surface area contributed by atoms with Gasteiger partial charge >= 0.3 is 5.91 Å². The predicted octanol–water partition coefficient (Wildman–Crippen LogP) is 3.85. The van der Waals surface area contributed by atoms with E-state index in [0.717, 1.165) is 0 Å². The zero-order valence-electron chi connectivity index (χ0n) is 18.5. The second-order valence-electron chi connectivity index (χ2n) is 7.81. The Morgan fingerprint density at radius 3 is 2.46 bits per heavy atom. The Bertz CT molecular complexity index is 1610. The molecule has 1 aromatic heterocycles. The Labute approximate surface area is 218 Å². The lowest BCUT2D eigenvalue weighted by molar-refractivity contribution is -0.139. The molecule has 1 aliphatic rings. The molecule has 3 amide bonds. The topological polar surface area (TPSA) is 142 Å². The number of carbonyl (C=O) groups is 4. The van der Waals surface area contributed by atoms with E-state index in [1.807, 2.05) is 0 Å². The van der Waals surface area contributed by atoms with Crippen LogP contribution in [-0.2, 0) is 14.4 Å². The molecule has 12 heteroatoms. The molecule has 0 spiro atoms. The highest BCUT2D eigenvalue weighted by Gasteiger charge is 2.50. The minimum absolute atomic E-state index is 0.0695. The molecule has 1 saturated heterocycles. The van der Waals surface area contributed by atoms with Crippen LogP contribution in [0, 0.1) is 0 Å². The molecule has 0 bridgehead atoms. The number of carbonyl (C=O) groups excluding carboxylic acids is 4. The van der Waals surface area contributed by atoms with E-state index in [2.05, 4.69) is 15.5 Å². The summed E-state index contributed by atoms with van der Waals surface area (Å²) < 4.78 is 5.66. The molecule has 1 fully saturated rings. The van der Waals surface area contributed by atoms with Gasteiger partial charge in [-0.1, -0.05) is 47.5 Å². The number of para-hydroxylation sites is 3. The summed E-state index contributed by atoms with van der Waals surface area (Å²) in [6, 6.07) is 16.2. The first kappa shape index (κ1) is 24.2. The van der Waals surface area contributed by atoms with E-state index >= 15 is 0 Å². The number of rotatable bonds is 4. The van der Waals surface area contributed by atoms with Crippen LogP contribution >= 0.6 is 23.2 Å². The number of phenols is 1. The van der Waals surface area contributed by atoms with Crippen LogP contribution in [0.5, 0.6) is 5.75 Å². The zero-order chi connectivity index (χ0) is 26.3. The summed E-state index contributed by atoms with van der Waals surface area (Å²) >= 11 is 12.1. The van der Waals surface area contributed by atoms with Crippen molar-refractivity contribution in [2.24, 2.45) is 5.10 Å². The SMILES string of the molecule is O=C(N/N=C1/C(=O)N(c2ccc(Cl)cc2Cl)C(=O)C(=O)[C@@H]1c1nc2ccccc2o1)c1ccccc1O. The van der Waals surface area contributed by atoms with E-state index in [0.29, 0.717) is 16.0 Å². The first-order valence-corrected chi connectivity index (χ1v) is 11.4. The molecule has 1 atom stereocenters. The van der Waals surface area contributed by atoms with Crippen LogP contribution in [0.1, 0.15) is 22.2 Å². The Morgan fingerprint density at radius 2 is 1.73 bits per heavy atom. The fourth-order valence-electron chi connectivity index (χ4n) is 3.76. The van der Waals surface area contributed by atoms with Gasteiger partial charge in [0.1, 0.15) is 17.0 Å². The fourth-order valence-corrected chi connectivity index (χ4v) is 4.25. The summed E-state index contributed by atoms with van der Waals surface area (Å²) in [5.74, 6) is -6.44. The standard InChI is InChI=1S/C25H14Cl2N4O6/c26-12-9-10-16(14(27)11-12)31-24(35)20(29-30-22(34)13-5-1-3-7-17(13)32)19(21(33)25(31)36)23-28-15-6-2-4-8-18(15)37-23/h1-11,19,32H,(H,30,34)/b29-20+/t19-/m1/s1. The molecule has 184 valence electrons. The van der Waals surface area contributed by atoms with Gasteiger partial charge in [0.2, 0.25) is 11.7 Å². The Hall–Kier alpha value is -4.54. The van der Waals surface area contributed by atoms with E-state index in [1.54, 1.807) is 24.3 Å². The van der Waals surface area contributed by atoms with Gasteiger partial charge in [0, 0.05) is 5.02 Å². The van der Waals surface area contributed by atoms with Gasteiger partial charge in [-0.3, -0.25) is 19.2 Å². The van der Waals surface area contributed by atoms with Crippen molar-refractivity contribution in [3.8, 4) is 5.75 Å². The van der Waals surface area contributed by atoms with Gasteiger partial charge in [0.25, 0.3) is 11.8 Å². The number of aromatic hydroxyl groups is 1. The number of piperidine rings is 1. The number of halogens is 2. The molecule has 10 nitrogen and oxygen atoms in total. The normalized spacial score (nSPS) is 17.0. The summed E-state index contributed by atoms with van der Waals surface area (Å²) in [6.45, 7) is 0. The van der Waals surface area contributed by atoms with E-state index in [-0.39, 0.29) is 32.9 Å². The number of imide groups is 1. The fraction of sp³-hybridized carbons (Fsp3) is 0.0400. The smallest absolute Gasteiger partial charge is 0.302 e. The Balaban J connectivity index is 1.61. The summed E-state index contributed by atoms with van der Waals surface area (Å²) in [7, 11) is 0. The molecule has 0 saturated carbocycles. The number of nitrogens with zero attached hydrogens (tertiary/aromatic N) is 3. The van der Waals surface area contributed by atoms with Gasteiger partial charge in [-0.2, -0.15) is 5.10 Å².